The van der Waals surface area contributed by atoms with Crippen LogP contribution >= 0.6 is 0 Å². The van der Waals surface area contributed by atoms with Crippen molar-refractivity contribution < 1.29 is 9.53 Å². The van der Waals surface area contributed by atoms with E-state index in [1.165, 1.54) is 0 Å². The first-order valence-electron chi connectivity index (χ1n) is 7.98. The molecule has 1 amide bonds. The molecule has 1 heterocycles. The summed E-state index contributed by atoms with van der Waals surface area (Å²) in [5.74, 6) is 0.862. The zero-order valence-corrected chi connectivity index (χ0v) is 13.7. The maximum Gasteiger partial charge on any atom is 0.258 e. The van der Waals surface area contributed by atoms with E-state index in [0.29, 0.717) is 0 Å². The number of amides is 1. The van der Waals surface area contributed by atoms with Crippen LogP contribution in [0.1, 0.15) is 42.4 Å². The van der Waals surface area contributed by atoms with E-state index in [1.807, 2.05) is 53.4 Å². The highest BCUT2D eigenvalue weighted by atomic mass is 16.5. The predicted octanol–water partition coefficient (Wildman–Crippen LogP) is 4.06. The number of hydrogen-bond acceptors (Lipinski definition) is 3. The highest BCUT2D eigenvalue weighted by Gasteiger charge is 2.35. The van der Waals surface area contributed by atoms with E-state index in [2.05, 4.69) is 19.2 Å². The molecule has 0 aromatic heterocycles. The van der Waals surface area contributed by atoms with E-state index < -0.39 is 0 Å². The van der Waals surface area contributed by atoms with Crippen molar-refractivity contribution in [2.75, 3.05) is 12.4 Å². The molecule has 0 bridgehead atoms. The third kappa shape index (κ3) is 2.77. The van der Waals surface area contributed by atoms with E-state index in [-0.39, 0.29) is 18.1 Å². The quantitative estimate of drug-likeness (QED) is 0.926. The number of benzene rings is 2. The SMILES string of the molecule is CC[C@@H](C)N1C(=O)c2ccccc2N[C@@H]1c1cccc(OC)c1. The van der Waals surface area contributed by atoms with Gasteiger partial charge in [0.15, 0.2) is 0 Å². The van der Waals surface area contributed by atoms with Gasteiger partial charge in [-0.25, -0.2) is 0 Å². The first kappa shape index (κ1) is 15.4. The van der Waals surface area contributed by atoms with Crippen molar-refractivity contribution in [1.82, 2.24) is 4.90 Å². The molecule has 1 aliphatic rings. The Hall–Kier alpha value is -2.49. The molecule has 0 fully saturated rings. The van der Waals surface area contributed by atoms with Crippen molar-refractivity contribution >= 4 is 11.6 Å². The first-order valence-corrected chi connectivity index (χ1v) is 7.98. The number of anilines is 1. The number of para-hydroxylation sites is 1. The van der Waals surface area contributed by atoms with E-state index >= 15 is 0 Å². The molecule has 23 heavy (non-hydrogen) atoms. The Balaban J connectivity index is 2.07. The Kier molecular flexibility index (Phi) is 4.24. The lowest BCUT2D eigenvalue weighted by molar-refractivity contribution is 0.0593. The van der Waals surface area contributed by atoms with Crippen LogP contribution in [0, 0.1) is 0 Å². The van der Waals surface area contributed by atoms with Gasteiger partial charge in [0.05, 0.1) is 12.7 Å². The second-order valence-electron chi connectivity index (χ2n) is 5.84. The zero-order valence-electron chi connectivity index (χ0n) is 13.7. The Morgan fingerprint density at radius 2 is 2.00 bits per heavy atom. The highest BCUT2D eigenvalue weighted by Crippen LogP contribution is 2.35. The van der Waals surface area contributed by atoms with Crippen LogP contribution in [0.3, 0.4) is 0 Å². The first-order chi connectivity index (χ1) is 11.2. The molecule has 1 N–H and O–H groups in total. The van der Waals surface area contributed by atoms with E-state index in [1.54, 1.807) is 7.11 Å². The maximum absolute atomic E-state index is 13.0. The summed E-state index contributed by atoms with van der Waals surface area (Å²) in [4.78, 5) is 14.9. The predicted molar refractivity (Wildman–Crippen MR) is 91.7 cm³/mol. The molecule has 0 aliphatic carbocycles. The molecule has 4 nitrogen and oxygen atoms in total. The van der Waals surface area contributed by atoms with Crippen LogP contribution in [-0.2, 0) is 0 Å². The summed E-state index contributed by atoms with van der Waals surface area (Å²) in [7, 11) is 1.65. The standard InChI is InChI=1S/C19H22N2O2/c1-4-13(2)21-18(14-8-7-9-15(12-14)23-3)20-17-11-6-5-10-16(17)19(21)22/h5-13,18,20H,4H2,1-3H3/t13-,18+/m1/s1. The lowest BCUT2D eigenvalue weighted by Crippen LogP contribution is -2.47. The molecule has 0 saturated carbocycles. The summed E-state index contributed by atoms with van der Waals surface area (Å²) in [6, 6.07) is 15.7. The monoisotopic (exact) mass is 310 g/mol. The number of carbonyl (C=O) groups is 1. The lowest BCUT2D eigenvalue weighted by Gasteiger charge is -2.41. The molecule has 3 rings (SSSR count). The number of hydrogen-bond donors (Lipinski definition) is 1. The molecule has 2 aromatic rings. The molecule has 0 spiro atoms. The zero-order chi connectivity index (χ0) is 16.4. The second kappa shape index (κ2) is 6.32. The molecule has 0 saturated heterocycles. The Morgan fingerprint density at radius 3 is 2.74 bits per heavy atom. The lowest BCUT2D eigenvalue weighted by atomic mass is 10.0. The van der Waals surface area contributed by atoms with Crippen molar-refractivity contribution in [3.05, 3.63) is 59.7 Å². The molecule has 1 aliphatic heterocycles. The van der Waals surface area contributed by atoms with Crippen molar-refractivity contribution in [1.29, 1.82) is 0 Å². The minimum absolute atomic E-state index is 0.0709. The van der Waals surface area contributed by atoms with Crippen molar-refractivity contribution in [2.45, 2.75) is 32.5 Å². The van der Waals surface area contributed by atoms with Crippen LogP contribution in [0.15, 0.2) is 48.5 Å². The van der Waals surface area contributed by atoms with E-state index in [4.69, 9.17) is 4.74 Å². The normalized spacial score (nSPS) is 18.1. The number of carbonyl (C=O) groups excluding carboxylic acids is 1. The third-order valence-corrected chi connectivity index (χ3v) is 4.44. The number of nitrogens with one attached hydrogen (secondary N) is 1. The number of ether oxygens (including phenoxy) is 1. The number of nitrogens with zero attached hydrogens (tertiary/aromatic N) is 1. The van der Waals surface area contributed by atoms with Gasteiger partial charge < -0.3 is 15.0 Å². The summed E-state index contributed by atoms with van der Waals surface area (Å²) < 4.78 is 5.33. The van der Waals surface area contributed by atoms with Crippen molar-refractivity contribution in [2.24, 2.45) is 0 Å². The molecule has 2 aromatic carbocycles. The van der Waals surface area contributed by atoms with E-state index in [9.17, 15) is 4.79 Å². The van der Waals surface area contributed by atoms with Gasteiger partial charge in [0.2, 0.25) is 0 Å². The highest BCUT2D eigenvalue weighted by molar-refractivity contribution is 6.01. The minimum Gasteiger partial charge on any atom is -0.497 e. The fourth-order valence-electron chi connectivity index (χ4n) is 2.98. The molecule has 0 unspecified atom stereocenters. The van der Waals surface area contributed by atoms with Crippen molar-refractivity contribution in [3.63, 3.8) is 0 Å². The number of methoxy groups -OCH3 is 1. The summed E-state index contributed by atoms with van der Waals surface area (Å²) in [6.45, 7) is 4.18. The number of rotatable bonds is 4. The van der Waals surface area contributed by atoms with Gasteiger partial charge in [0.25, 0.3) is 5.91 Å². The van der Waals surface area contributed by atoms with Crippen LogP contribution < -0.4 is 10.1 Å². The van der Waals surface area contributed by atoms with E-state index in [0.717, 1.165) is 29.0 Å². The second-order valence-corrected chi connectivity index (χ2v) is 5.84. The number of fused-ring (bicyclic) bond motifs is 1. The molecule has 2 atom stereocenters. The average molecular weight is 310 g/mol. The molecule has 4 heteroatoms. The van der Waals surface area contributed by atoms with Gasteiger partial charge in [0.1, 0.15) is 11.9 Å². The molecular weight excluding hydrogens is 288 g/mol. The summed E-state index contributed by atoms with van der Waals surface area (Å²) >= 11 is 0. The molecule has 120 valence electrons. The smallest absolute Gasteiger partial charge is 0.258 e. The Morgan fingerprint density at radius 1 is 1.22 bits per heavy atom. The van der Waals surface area contributed by atoms with Gasteiger partial charge in [-0.2, -0.15) is 0 Å². The largest absolute Gasteiger partial charge is 0.497 e. The minimum atomic E-state index is -0.192. The fourth-order valence-corrected chi connectivity index (χ4v) is 2.98. The van der Waals surface area contributed by atoms with Crippen LogP contribution in [0.5, 0.6) is 5.75 Å². The van der Waals surface area contributed by atoms with Gasteiger partial charge in [-0.15, -0.1) is 0 Å². The fraction of sp³-hybridized carbons (Fsp3) is 0.316. The Labute approximate surface area is 137 Å². The van der Waals surface area contributed by atoms with Gasteiger partial charge in [-0.1, -0.05) is 31.2 Å². The van der Waals surface area contributed by atoms with Gasteiger partial charge >= 0.3 is 0 Å². The van der Waals surface area contributed by atoms with Gasteiger partial charge in [0, 0.05) is 11.7 Å². The average Bonchev–Trinajstić information content (AvgIpc) is 2.61. The molecular formula is C19H22N2O2. The van der Waals surface area contributed by atoms with Crippen LogP contribution in [0.25, 0.3) is 0 Å². The molecule has 0 radical (unpaired) electrons. The van der Waals surface area contributed by atoms with Crippen LogP contribution in [0.2, 0.25) is 0 Å². The summed E-state index contributed by atoms with van der Waals surface area (Å²) in [5, 5.41) is 3.51. The third-order valence-electron chi connectivity index (χ3n) is 4.44. The van der Waals surface area contributed by atoms with Crippen LogP contribution in [-0.4, -0.2) is 24.0 Å². The Bertz CT molecular complexity index is 714. The maximum atomic E-state index is 13.0. The summed E-state index contributed by atoms with van der Waals surface area (Å²) in [5.41, 5.74) is 2.63. The van der Waals surface area contributed by atoms with Crippen LogP contribution in [0.4, 0.5) is 5.69 Å². The van der Waals surface area contributed by atoms with Gasteiger partial charge in [-0.05, 0) is 43.2 Å². The van der Waals surface area contributed by atoms with Crippen molar-refractivity contribution in [3.8, 4) is 5.75 Å². The summed E-state index contributed by atoms with van der Waals surface area (Å²) in [6.07, 6.45) is 0.707. The van der Waals surface area contributed by atoms with Gasteiger partial charge in [-0.3, -0.25) is 4.79 Å². The topological polar surface area (TPSA) is 41.6 Å².